The van der Waals surface area contributed by atoms with E-state index in [2.05, 4.69) is 0 Å². The molecule has 0 saturated carbocycles. The van der Waals surface area contributed by atoms with E-state index in [-0.39, 0.29) is 34.4 Å². The molecule has 24 heavy (non-hydrogen) atoms. The molecule has 0 fully saturated rings. The normalized spacial score (nSPS) is 11.2. The Kier molecular flexibility index (Phi) is 5.23. The highest BCUT2D eigenvalue weighted by atomic mass is 35.5. The van der Waals surface area contributed by atoms with Gasteiger partial charge in [-0.2, -0.15) is 13.2 Å². The van der Waals surface area contributed by atoms with Crippen molar-refractivity contribution in [3.05, 3.63) is 52.5 Å². The minimum atomic E-state index is -4.53. The van der Waals surface area contributed by atoms with Gasteiger partial charge in [-0.1, -0.05) is 17.7 Å². The fourth-order valence-electron chi connectivity index (χ4n) is 1.94. The van der Waals surface area contributed by atoms with Gasteiger partial charge in [-0.15, -0.1) is 0 Å². The minimum Gasteiger partial charge on any atom is -0.489 e. The van der Waals surface area contributed by atoms with Crippen LogP contribution in [0.1, 0.15) is 22.8 Å². The Labute approximate surface area is 140 Å². The van der Waals surface area contributed by atoms with Crippen LogP contribution in [0.5, 0.6) is 17.2 Å². The van der Waals surface area contributed by atoms with Crippen LogP contribution in [-0.2, 0) is 6.18 Å². The molecule has 0 saturated heterocycles. The van der Waals surface area contributed by atoms with E-state index in [1.165, 1.54) is 18.2 Å². The molecule has 1 N–H and O–H groups in total. The highest BCUT2D eigenvalue weighted by Gasteiger charge is 2.31. The summed E-state index contributed by atoms with van der Waals surface area (Å²) in [5.74, 6) is -1.25. The highest BCUT2D eigenvalue weighted by molar-refractivity contribution is 6.32. The first-order chi connectivity index (χ1) is 11.2. The van der Waals surface area contributed by atoms with Crippen molar-refractivity contribution in [2.24, 2.45) is 0 Å². The number of hydrogen-bond acceptors (Lipinski definition) is 3. The summed E-state index contributed by atoms with van der Waals surface area (Å²) in [5, 5.41) is 8.92. The van der Waals surface area contributed by atoms with Gasteiger partial charge in [0.1, 0.15) is 11.3 Å². The second kappa shape index (κ2) is 7.00. The standard InChI is InChI=1S/C16H12ClF3O4/c1-2-23-14-10(15(21)22)4-3-5-13(14)24-12-7-6-9(8-11(12)17)16(18,19)20/h3-8H,2H2,1H3,(H,21,22). The zero-order valence-corrected chi connectivity index (χ0v) is 13.1. The smallest absolute Gasteiger partial charge is 0.416 e. The van der Waals surface area contributed by atoms with Gasteiger partial charge in [0.25, 0.3) is 0 Å². The maximum Gasteiger partial charge on any atom is 0.416 e. The van der Waals surface area contributed by atoms with Crippen LogP contribution in [0.15, 0.2) is 36.4 Å². The highest BCUT2D eigenvalue weighted by Crippen LogP contribution is 2.39. The number of ether oxygens (including phenoxy) is 2. The Balaban J connectivity index is 2.41. The van der Waals surface area contributed by atoms with Crippen molar-refractivity contribution >= 4 is 17.6 Å². The fourth-order valence-corrected chi connectivity index (χ4v) is 2.16. The van der Waals surface area contributed by atoms with Crippen molar-refractivity contribution in [1.29, 1.82) is 0 Å². The maximum atomic E-state index is 12.6. The van der Waals surface area contributed by atoms with E-state index in [0.29, 0.717) is 0 Å². The van der Waals surface area contributed by atoms with Crippen molar-refractivity contribution in [2.45, 2.75) is 13.1 Å². The van der Waals surface area contributed by atoms with Crippen LogP contribution in [-0.4, -0.2) is 17.7 Å². The first-order valence-corrected chi connectivity index (χ1v) is 7.15. The topological polar surface area (TPSA) is 55.8 Å². The second-order valence-electron chi connectivity index (χ2n) is 4.62. The van der Waals surface area contributed by atoms with Gasteiger partial charge >= 0.3 is 12.1 Å². The summed E-state index contributed by atoms with van der Waals surface area (Å²) < 4.78 is 48.7. The van der Waals surface area contributed by atoms with E-state index >= 15 is 0 Å². The van der Waals surface area contributed by atoms with Crippen LogP contribution < -0.4 is 9.47 Å². The molecule has 0 unspecified atom stereocenters. The van der Waals surface area contributed by atoms with Crippen molar-refractivity contribution in [3.63, 3.8) is 0 Å². The van der Waals surface area contributed by atoms with Gasteiger partial charge in [-0.3, -0.25) is 0 Å². The van der Waals surface area contributed by atoms with Gasteiger partial charge < -0.3 is 14.6 Å². The quantitative estimate of drug-likeness (QED) is 0.791. The van der Waals surface area contributed by atoms with E-state index in [0.717, 1.165) is 18.2 Å². The lowest BCUT2D eigenvalue weighted by Gasteiger charge is -2.15. The van der Waals surface area contributed by atoms with Gasteiger partial charge in [0.2, 0.25) is 0 Å². The first kappa shape index (κ1) is 17.9. The molecule has 0 aromatic heterocycles. The van der Waals surface area contributed by atoms with E-state index in [9.17, 15) is 23.1 Å². The zero-order valence-electron chi connectivity index (χ0n) is 12.4. The number of halogens is 4. The Morgan fingerprint density at radius 3 is 2.46 bits per heavy atom. The summed E-state index contributed by atoms with van der Waals surface area (Å²) in [6, 6.07) is 6.81. The number of aromatic carboxylic acids is 1. The number of benzene rings is 2. The third-order valence-electron chi connectivity index (χ3n) is 2.98. The van der Waals surface area contributed by atoms with Crippen LogP contribution in [0.2, 0.25) is 5.02 Å². The van der Waals surface area contributed by atoms with Gasteiger partial charge in [0.05, 0.1) is 17.2 Å². The molecule has 128 valence electrons. The molecule has 4 nitrogen and oxygen atoms in total. The molecule has 0 aliphatic heterocycles. The van der Waals surface area contributed by atoms with Crippen LogP contribution in [0.4, 0.5) is 13.2 Å². The number of para-hydroxylation sites is 1. The summed E-state index contributed by atoms with van der Waals surface area (Å²) in [7, 11) is 0. The second-order valence-corrected chi connectivity index (χ2v) is 5.02. The van der Waals surface area contributed by atoms with Crippen molar-refractivity contribution < 1.29 is 32.5 Å². The molecule has 2 aromatic rings. The summed E-state index contributed by atoms with van der Waals surface area (Å²) in [4.78, 5) is 11.2. The number of carbonyl (C=O) groups is 1. The van der Waals surface area contributed by atoms with Crippen molar-refractivity contribution in [3.8, 4) is 17.2 Å². The zero-order chi connectivity index (χ0) is 17.9. The summed E-state index contributed by atoms with van der Waals surface area (Å²) in [5.41, 5.74) is -1.04. The van der Waals surface area contributed by atoms with Gasteiger partial charge in [0, 0.05) is 0 Å². The van der Waals surface area contributed by atoms with Crippen LogP contribution in [0.3, 0.4) is 0 Å². The summed E-state index contributed by atoms with van der Waals surface area (Å²) in [6.45, 7) is 1.84. The SMILES string of the molecule is CCOc1c(Oc2ccc(C(F)(F)F)cc2Cl)cccc1C(=O)O. The number of rotatable bonds is 5. The van der Waals surface area contributed by atoms with Crippen LogP contribution >= 0.6 is 11.6 Å². The van der Waals surface area contributed by atoms with E-state index in [4.69, 9.17) is 21.1 Å². The van der Waals surface area contributed by atoms with Crippen molar-refractivity contribution in [2.75, 3.05) is 6.61 Å². The van der Waals surface area contributed by atoms with Gasteiger partial charge in [-0.05, 0) is 37.3 Å². The lowest BCUT2D eigenvalue weighted by molar-refractivity contribution is -0.137. The lowest BCUT2D eigenvalue weighted by Crippen LogP contribution is -2.05. The summed E-state index contributed by atoms with van der Waals surface area (Å²) in [6.07, 6.45) is -4.53. The molecule has 2 rings (SSSR count). The van der Waals surface area contributed by atoms with E-state index < -0.39 is 17.7 Å². The molecule has 2 aromatic carbocycles. The molecule has 0 heterocycles. The maximum absolute atomic E-state index is 12.6. The lowest BCUT2D eigenvalue weighted by atomic mass is 10.2. The monoisotopic (exact) mass is 360 g/mol. The number of carboxylic acids is 1. The number of carboxylic acid groups (broad SMARTS) is 1. The molecule has 0 bridgehead atoms. The first-order valence-electron chi connectivity index (χ1n) is 6.77. The molecule has 0 radical (unpaired) electrons. The third-order valence-corrected chi connectivity index (χ3v) is 3.27. The Morgan fingerprint density at radius 2 is 1.92 bits per heavy atom. The molecule has 0 aliphatic carbocycles. The van der Waals surface area contributed by atoms with Gasteiger partial charge in [0.15, 0.2) is 11.5 Å². The molecule has 0 atom stereocenters. The molecule has 0 amide bonds. The van der Waals surface area contributed by atoms with Crippen LogP contribution in [0, 0.1) is 0 Å². The Morgan fingerprint density at radius 1 is 1.21 bits per heavy atom. The van der Waals surface area contributed by atoms with Crippen molar-refractivity contribution in [1.82, 2.24) is 0 Å². The largest absolute Gasteiger partial charge is 0.489 e. The predicted molar refractivity (Wildman–Crippen MR) is 81.1 cm³/mol. The molecule has 0 aliphatic rings. The molecule has 0 spiro atoms. The van der Waals surface area contributed by atoms with E-state index in [1.54, 1.807) is 6.92 Å². The third kappa shape index (κ3) is 3.91. The molecule has 8 heteroatoms. The molecular weight excluding hydrogens is 349 g/mol. The Bertz CT molecular complexity index is 759. The fraction of sp³-hybridized carbons (Fsp3) is 0.188. The average Bonchev–Trinajstić information content (AvgIpc) is 2.49. The van der Waals surface area contributed by atoms with Gasteiger partial charge in [-0.25, -0.2) is 4.79 Å². The molecular formula is C16H12ClF3O4. The number of hydrogen-bond donors (Lipinski definition) is 1. The average molecular weight is 361 g/mol. The summed E-state index contributed by atoms with van der Waals surface area (Å²) >= 11 is 5.83. The number of alkyl halides is 3. The van der Waals surface area contributed by atoms with E-state index in [1.807, 2.05) is 0 Å². The van der Waals surface area contributed by atoms with Crippen LogP contribution in [0.25, 0.3) is 0 Å². The Hall–Kier alpha value is -2.41. The predicted octanol–water partition coefficient (Wildman–Crippen LogP) is 5.25. The minimum absolute atomic E-state index is 0.0246.